The van der Waals surface area contributed by atoms with Gasteiger partial charge in [-0.1, -0.05) is 6.07 Å². The summed E-state index contributed by atoms with van der Waals surface area (Å²) in [6.07, 6.45) is 4.63. The minimum absolute atomic E-state index is 0.0771. The van der Waals surface area contributed by atoms with Crippen molar-refractivity contribution in [1.82, 2.24) is 0 Å². The summed E-state index contributed by atoms with van der Waals surface area (Å²) in [5, 5.41) is 21.1. The van der Waals surface area contributed by atoms with Crippen LogP contribution in [0.15, 0.2) is 48.0 Å². The van der Waals surface area contributed by atoms with Crippen molar-refractivity contribution in [2.75, 3.05) is 23.3 Å². The Bertz CT molecular complexity index is 895. The molecule has 0 unspecified atom stereocenters. The first-order valence-corrected chi connectivity index (χ1v) is 8.83. The standard InChI is InChI=1S/C21H20FN3O2/c22-19-13-15(4-9-20(19)25-10-2-1-3-11-25)12-16(14-23)21(27)24-17-5-7-18(26)8-6-17/h4-9,12-13,26H,1-3,10-11H2,(H,24,27). The van der Waals surface area contributed by atoms with E-state index in [1.54, 1.807) is 12.1 Å². The van der Waals surface area contributed by atoms with E-state index in [9.17, 15) is 19.6 Å². The Morgan fingerprint density at radius 3 is 2.48 bits per heavy atom. The van der Waals surface area contributed by atoms with E-state index >= 15 is 0 Å². The summed E-state index contributed by atoms with van der Waals surface area (Å²) in [5.41, 5.74) is 1.32. The van der Waals surface area contributed by atoms with Gasteiger partial charge in [-0.3, -0.25) is 4.79 Å². The zero-order valence-electron chi connectivity index (χ0n) is 14.8. The predicted octanol–water partition coefficient (Wildman–Crippen LogP) is 4.07. The van der Waals surface area contributed by atoms with Crippen LogP contribution in [0.2, 0.25) is 0 Å². The van der Waals surface area contributed by atoms with E-state index in [1.165, 1.54) is 42.8 Å². The lowest BCUT2D eigenvalue weighted by molar-refractivity contribution is -0.112. The molecule has 0 atom stereocenters. The van der Waals surface area contributed by atoms with Gasteiger partial charge >= 0.3 is 0 Å². The number of benzene rings is 2. The van der Waals surface area contributed by atoms with E-state index in [2.05, 4.69) is 5.32 Å². The van der Waals surface area contributed by atoms with Crippen molar-refractivity contribution in [2.45, 2.75) is 19.3 Å². The highest BCUT2D eigenvalue weighted by Gasteiger charge is 2.15. The van der Waals surface area contributed by atoms with Gasteiger partial charge in [-0.15, -0.1) is 0 Å². The van der Waals surface area contributed by atoms with Crippen molar-refractivity contribution in [2.24, 2.45) is 0 Å². The Labute approximate surface area is 157 Å². The summed E-state index contributed by atoms with van der Waals surface area (Å²) in [6, 6.07) is 12.5. The fraction of sp³-hybridized carbons (Fsp3) is 0.238. The third kappa shape index (κ3) is 4.64. The van der Waals surface area contributed by atoms with Crippen LogP contribution in [-0.4, -0.2) is 24.1 Å². The molecule has 0 saturated carbocycles. The number of hydrogen-bond donors (Lipinski definition) is 2. The molecule has 2 aromatic rings. The average Bonchev–Trinajstić information content (AvgIpc) is 2.68. The number of phenols is 1. The van der Waals surface area contributed by atoms with Gasteiger partial charge in [0.1, 0.15) is 23.2 Å². The lowest BCUT2D eigenvalue weighted by Gasteiger charge is -2.29. The van der Waals surface area contributed by atoms with Crippen LogP contribution in [0.4, 0.5) is 15.8 Å². The van der Waals surface area contributed by atoms with Gasteiger partial charge in [0.2, 0.25) is 0 Å². The molecule has 6 heteroatoms. The fourth-order valence-electron chi connectivity index (χ4n) is 3.06. The van der Waals surface area contributed by atoms with Crippen LogP contribution in [0, 0.1) is 17.1 Å². The maximum Gasteiger partial charge on any atom is 0.266 e. The summed E-state index contributed by atoms with van der Waals surface area (Å²) in [5.74, 6) is -0.876. The number of nitriles is 1. The molecule has 138 valence electrons. The fourth-order valence-corrected chi connectivity index (χ4v) is 3.06. The Morgan fingerprint density at radius 2 is 1.85 bits per heavy atom. The molecule has 1 aliphatic rings. The van der Waals surface area contributed by atoms with Gasteiger partial charge in [-0.2, -0.15) is 5.26 Å². The number of aromatic hydroxyl groups is 1. The quantitative estimate of drug-likeness (QED) is 0.486. The molecule has 1 fully saturated rings. The van der Waals surface area contributed by atoms with Crippen LogP contribution >= 0.6 is 0 Å². The lowest BCUT2D eigenvalue weighted by atomic mass is 10.1. The third-order valence-corrected chi connectivity index (χ3v) is 4.47. The van der Waals surface area contributed by atoms with Crippen LogP contribution in [0.25, 0.3) is 6.08 Å². The minimum Gasteiger partial charge on any atom is -0.508 e. The highest BCUT2D eigenvalue weighted by molar-refractivity contribution is 6.09. The summed E-state index contributed by atoms with van der Waals surface area (Å²) >= 11 is 0. The molecule has 0 spiro atoms. The maximum absolute atomic E-state index is 14.5. The summed E-state index contributed by atoms with van der Waals surface area (Å²) in [7, 11) is 0. The van der Waals surface area contributed by atoms with E-state index < -0.39 is 5.91 Å². The molecular formula is C21H20FN3O2. The second-order valence-electron chi connectivity index (χ2n) is 6.43. The highest BCUT2D eigenvalue weighted by Crippen LogP contribution is 2.25. The van der Waals surface area contributed by atoms with Crippen molar-refractivity contribution in [3.8, 4) is 11.8 Å². The van der Waals surface area contributed by atoms with Crippen LogP contribution in [0.3, 0.4) is 0 Å². The van der Waals surface area contributed by atoms with Crippen molar-refractivity contribution in [1.29, 1.82) is 5.26 Å². The molecule has 0 aliphatic carbocycles. The molecule has 1 amide bonds. The first-order chi connectivity index (χ1) is 13.1. The smallest absolute Gasteiger partial charge is 0.266 e. The Balaban J connectivity index is 1.76. The van der Waals surface area contributed by atoms with Gasteiger partial charge in [0.05, 0.1) is 5.69 Å². The van der Waals surface area contributed by atoms with Crippen LogP contribution in [0.1, 0.15) is 24.8 Å². The Hall–Kier alpha value is -3.33. The van der Waals surface area contributed by atoms with E-state index in [1.807, 2.05) is 11.0 Å². The van der Waals surface area contributed by atoms with Gasteiger partial charge < -0.3 is 15.3 Å². The number of nitrogens with one attached hydrogen (secondary N) is 1. The van der Waals surface area contributed by atoms with Crippen LogP contribution in [-0.2, 0) is 4.79 Å². The van der Waals surface area contributed by atoms with E-state index in [0.29, 0.717) is 16.9 Å². The third-order valence-electron chi connectivity index (χ3n) is 4.47. The minimum atomic E-state index is -0.594. The topological polar surface area (TPSA) is 76.4 Å². The van der Waals surface area contributed by atoms with E-state index in [-0.39, 0.29) is 17.1 Å². The number of carbonyl (C=O) groups is 1. The first-order valence-electron chi connectivity index (χ1n) is 8.83. The number of phenolic OH excluding ortho intramolecular Hbond substituents is 1. The molecule has 1 aliphatic heterocycles. The second-order valence-corrected chi connectivity index (χ2v) is 6.43. The number of nitrogens with zero attached hydrogens (tertiary/aromatic N) is 2. The molecule has 0 aromatic heterocycles. The predicted molar refractivity (Wildman–Crippen MR) is 103 cm³/mol. The molecule has 27 heavy (non-hydrogen) atoms. The van der Waals surface area contributed by atoms with Crippen molar-refractivity contribution >= 4 is 23.4 Å². The second kappa shape index (κ2) is 8.37. The van der Waals surface area contributed by atoms with Gasteiger partial charge in [-0.05, 0) is 67.3 Å². The zero-order chi connectivity index (χ0) is 19.2. The van der Waals surface area contributed by atoms with Gasteiger partial charge in [0.15, 0.2) is 0 Å². The number of piperidine rings is 1. The number of rotatable bonds is 4. The molecule has 1 heterocycles. The molecule has 0 radical (unpaired) electrons. The van der Waals surface area contributed by atoms with Crippen molar-refractivity contribution in [3.05, 3.63) is 59.4 Å². The number of hydrogen-bond acceptors (Lipinski definition) is 4. The number of anilines is 2. The highest BCUT2D eigenvalue weighted by atomic mass is 19.1. The number of halogens is 1. The molecule has 3 rings (SSSR count). The largest absolute Gasteiger partial charge is 0.508 e. The monoisotopic (exact) mass is 365 g/mol. The number of amides is 1. The molecular weight excluding hydrogens is 345 g/mol. The van der Waals surface area contributed by atoms with Gasteiger partial charge in [0, 0.05) is 18.8 Å². The van der Waals surface area contributed by atoms with Gasteiger partial charge in [0.25, 0.3) is 5.91 Å². The molecule has 5 nitrogen and oxygen atoms in total. The molecule has 0 bridgehead atoms. The summed E-state index contributed by atoms with van der Waals surface area (Å²) < 4.78 is 14.5. The summed E-state index contributed by atoms with van der Waals surface area (Å²) in [6.45, 7) is 1.68. The first kappa shape index (κ1) is 18.5. The van der Waals surface area contributed by atoms with Crippen LogP contribution < -0.4 is 10.2 Å². The summed E-state index contributed by atoms with van der Waals surface area (Å²) in [4.78, 5) is 14.3. The van der Waals surface area contributed by atoms with Gasteiger partial charge in [-0.25, -0.2) is 4.39 Å². The number of carbonyl (C=O) groups excluding carboxylic acids is 1. The van der Waals surface area contributed by atoms with E-state index in [0.717, 1.165) is 25.9 Å². The SMILES string of the molecule is N#CC(=Cc1ccc(N2CCCCC2)c(F)c1)C(=O)Nc1ccc(O)cc1. The average molecular weight is 365 g/mol. The Kier molecular flexibility index (Phi) is 5.72. The normalized spacial score (nSPS) is 14.5. The zero-order valence-corrected chi connectivity index (χ0v) is 14.8. The van der Waals surface area contributed by atoms with Crippen LogP contribution in [0.5, 0.6) is 5.75 Å². The van der Waals surface area contributed by atoms with Crippen molar-refractivity contribution in [3.63, 3.8) is 0 Å². The Morgan fingerprint density at radius 1 is 1.15 bits per heavy atom. The molecule has 2 N–H and O–H groups in total. The van der Waals surface area contributed by atoms with E-state index in [4.69, 9.17) is 0 Å². The molecule has 1 saturated heterocycles. The lowest BCUT2D eigenvalue weighted by Crippen LogP contribution is -2.30. The van der Waals surface area contributed by atoms with Crippen molar-refractivity contribution < 1.29 is 14.3 Å². The molecule has 2 aromatic carbocycles. The maximum atomic E-state index is 14.5.